The van der Waals surface area contributed by atoms with Gasteiger partial charge in [0.1, 0.15) is 5.75 Å². The van der Waals surface area contributed by atoms with E-state index in [0.717, 1.165) is 10.6 Å². The lowest BCUT2D eigenvalue weighted by Gasteiger charge is -2.58. The summed E-state index contributed by atoms with van der Waals surface area (Å²) in [5.74, 6) is -0.323. The highest BCUT2D eigenvalue weighted by Crippen LogP contribution is 2.62. The first-order valence-corrected chi connectivity index (χ1v) is 14.1. The minimum atomic E-state index is -0.735. The fraction of sp³-hybridized carbons (Fsp3) is 0.571. The number of hydrogen-bond acceptors (Lipinski definition) is 8. The van der Waals surface area contributed by atoms with Crippen molar-refractivity contribution in [1.82, 2.24) is 15.6 Å². The van der Waals surface area contributed by atoms with Gasteiger partial charge in [0.05, 0.1) is 25.5 Å². The highest BCUT2D eigenvalue weighted by Gasteiger charge is 2.59. The first-order valence-electron chi connectivity index (χ1n) is 13.3. The van der Waals surface area contributed by atoms with Crippen LogP contribution in [0.25, 0.3) is 0 Å². The lowest BCUT2D eigenvalue weighted by Crippen LogP contribution is -2.57. The SMILES string of the molecule is COc1ccc(C(=O)Nc2nc3c(s2)C[C@@H]2[C@](C)(CO)[C@H](O)CC[C@@]2(C)[C@@H]3CC(=O)NCCNC(C)=O)cc1. The summed E-state index contributed by atoms with van der Waals surface area (Å²) in [5.41, 5.74) is 0.124. The van der Waals surface area contributed by atoms with Gasteiger partial charge in [-0.15, -0.1) is 11.3 Å². The largest absolute Gasteiger partial charge is 0.497 e. The van der Waals surface area contributed by atoms with Gasteiger partial charge < -0.3 is 25.6 Å². The Hall–Kier alpha value is -3.02. The van der Waals surface area contributed by atoms with Crippen molar-refractivity contribution in [1.29, 1.82) is 0 Å². The van der Waals surface area contributed by atoms with Crippen molar-refractivity contribution in [3.63, 3.8) is 0 Å². The van der Waals surface area contributed by atoms with Crippen molar-refractivity contribution in [3.8, 4) is 5.75 Å². The van der Waals surface area contributed by atoms with Crippen molar-refractivity contribution in [2.24, 2.45) is 16.7 Å². The van der Waals surface area contributed by atoms with Crippen molar-refractivity contribution in [3.05, 3.63) is 40.4 Å². The number of nitrogens with zero attached hydrogens (tertiary/aromatic N) is 1. The molecule has 0 radical (unpaired) electrons. The highest BCUT2D eigenvalue weighted by atomic mass is 32.1. The third kappa shape index (κ3) is 5.80. The van der Waals surface area contributed by atoms with Gasteiger partial charge in [0.25, 0.3) is 5.91 Å². The van der Waals surface area contributed by atoms with Gasteiger partial charge in [-0.05, 0) is 54.9 Å². The number of amides is 3. The zero-order valence-corrected chi connectivity index (χ0v) is 23.7. The number of carbonyl (C=O) groups excluding carboxylic acids is 3. The second kappa shape index (κ2) is 11.6. The lowest BCUT2D eigenvalue weighted by molar-refractivity contribution is -0.144. The molecule has 1 heterocycles. The quantitative estimate of drug-likeness (QED) is 0.297. The second-order valence-electron chi connectivity index (χ2n) is 11.1. The number of rotatable bonds is 9. The Kier molecular flexibility index (Phi) is 8.63. The molecular weight excluding hydrogens is 520 g/mol. The maximum atomic E-state index is 13.1. The van der Waals surface area contributed by atoms with Gasteiger partial charge in [-0.2, -0.15) is 0 Å². The fourth-order valence-electron chi connectivity index (χ4n) is 6.31. The van der Waals surface area contributed by atoms with Crippen LogP contribution < -0.4 is 20.7 Å². The smallest absolute Gasteiger partial charge is 0.257 e. The number of carbonyl (C=O) groups is 3. The van der Waals surface area contributed by atoms with E-state index in [9.17, 15) is 24.6 Å². The topological polar surface area (TPSA) is 150 Å². The number of ether oxygens (including phenoxy) is 1. The van der Waals surface area contributed by atoms with Crippen LogP contribution in [0.1, 0.15) is 66.9 Å². The number of aromatic nitrogens is 1. The van der Waals surface area contributed by atoms with Gasteiger partial charge >= 0.3 is 0 Å². The third-order valence-corrected chi connectivity index (χ3v) is 9.69. The Balaban J connectivity index is 1.62. The van der Waals surface area contributed by atoms with Gasteiger partial charge in [0, 0.05) is 48.2 Å². The molecule has 4 rings (SSSR count). The molecule has 1 aromatic heterocycles. The zero-order chi connectivity index (χ0) is 28.4. The molecule has 2 aromatic rings. The van der Waals surface area contributed by atoms with Crippen LogP contribution in [0.2, 0.25) is 0 Å². The number of methoxy groups -OCH3 is 1. The molecule has 11 heteroatoms. The molecule has 39 heavy (non-hydrogen) atoms. The number of anilines is 1. The molecule has 212 valence electrons. The van der Waals surface area contributed by atoms with Crippen LogP contribution in [-0.2, 0) is 16.0 Å². The number of nitrogens with one attached hydrogen (secondary N) is 3. The van der Waals surface area contributed by atoms with Crippen molar-refractivity contribution in [2.45, 2.75) is 58.5 Å². The summed E-state index contributed by atoms with van der Waals surface area (Å²) < 4.78 is 5.17. The fourth-order valence-corrected chi connectivity index (χ4v) is 7.37. The van der Waals surface area contributed by atoms with Crippen LogP contribution in [0.3, 0.4) is 0 Å². The third-order valence-electron chi connectivity index (χ3n) is 8.68. The average Bonchev–Trinajstić information content (AvgIpc) is 3.32. The van der Waals surface area contributed by atoms with Gasteiger partial charge in [-0.25, -0.2) is 4.98 Å². The molecule has 1 aromatic carbocycles. The normalized spacial score (nSPS) is 27.6. The molecule has 2 aliphatic carbocycles. The van der Waals surface area contributed by atoms with E-state index in [1.165, 1.54) is 18.3 Å². The number of aliphatic hydroxyl groups excluding tert-OH is 2. The molecule has 0 spiro atoms. The first kappa shape index (κ1) is 29.0. The Morgan fingerprint density at radius 3 is 2.49 bits per heavy atom. The van der Waals surface area contributed by atoms with Crippen LogP contribution in [0.15, 0.2) is 24.3 Å². The van der Waals surface area contributed by atoms with E-state index < -0.39 is 16.9 Å². The summed E-state index contributed by atoms with van der Waals surface area (Å²) in [7, 11) is 1.56. The molecule has 1 fully saturated rings. The van der Waals surface area contributed by atoms with Gasteiger partial charge in [0.2, 0.25) is 11.8 Å². The minimum Gasteiger partial charge on any atom is -0.497 e. The summed E-state index contributed by atoms with van der Waals surface area (Å²) in [6, 6.07) is 6.79. The Labute approximate surface area is 232 Å². The van der Waals surface area contributed by atoms with Crippen LogP contribution in [0, 0.1) is 16.7 Å². The van der Waals surface area contributed by atoms with Gasteiger partial charge in [-0.1, -0.05) is 13.8 Å². The summed E-state index contributed by atoms with van der Waals surface area (Å²) in [5, 5.41) is 30.2. The number of aliphatic hydroxyl groups is 2. The predicted molar refractivity (Wildman–Crippen MR) is 148 cm³/mol. The molecule has 1 saturated carbocycles. The Morgan fingerprint density at radius 2 is 1.85 bits per heavy atom. The minimum absolute atomic E-state index is 0.0889. The summed E-state index contributed by atoms with van der Waals surface area (Å²) in [6.45, 7) is 5.96. The molecule has 0 bridgehead atoms. The monoisotopic (exact) mass is 558 g/mol. The second-order valence-corrected chi connectivity index (χ2v) is 12.2. The zero-order valence-electron chi connectivity index (χ0n) is 22.9. The van der Waals surface area contributed by atoms with Crippen LogP contribution in [0.5, 0.6) is 5.75 Å². The molecule has 5 atom stereocenters. The maximum absolute atomic E-state index is 13.1. The van der Waals surface area contributed by atoms with E-state index in [4.69, 9.17) is 9.72 Å². The van der Waals surface area contributed by atoms with Crippen molar-refractivity contribution >= 4 is 34.2 Å². The van der Waals surface area contributed by atoms with E-state index in [2.05, 4.69) is 22.9 Å². The van der Waals surface area contributed by atoms with Crippen LogP contribution >= 0.6 is 11.3 Å². The molecule has 3 amide bonds. The first-order chi connectivity index (χ1) is 18.5. The summed E-state index contributed by atoms with van der Waals surface area (Å²) in [4.78, 5) is 42.9. The molecule has 5 N–H and O–H groups in total. The molecule has 2 aliphatic rings. The highest BCUT2D eigenvalue weighted by molar-refractivity contribution is 7.15. The summed E-state index contributed by atoms with van der Waals surface area (Å²) >= 11 is 1.38. The van der Waals surface area contributed by atoms with E-state index in [0.29, 0.717) is 48.8 Å². The lowest BCUT2D eigenvalue weighted by atomic mass is 9.47. The van der Waals surface area contributed by atoms with Crippen LogP contribution in [-0.4, -0.2) is 65.8 Å². The number of thiazole rings is 1. The molecule has 0 saturated heterocycles. The Bertz CT molecular complexity index is 1220. The van der Waals surface area contributed by atoms with Crippen molar-refractivity contribution in [2.75, 3.05) is 32.1 Å². The van der Waals surface area contributed by atoms with E-state index >= 15 is 0 Å². The predicted octanol–water partition coefficient (Wildman–Crippen LogP) is 2.46. The Morgan fingerprint density at radius 1 is 1.15 bits per heavy atom. The number of benzene rings is 1. The number of hydrogen-bond donors (Lipinski definition) is 5. The van der Waals surface area contributed by atoms with Crippen molar-refractivity contribution < 1.29 is 29.3 Å². The van der Waals surface area contributed by atoms with Crippen LogP contribution in [0.4, 0.5) is 5.13 Å². The van der Waals surface area contributed by atoms with E-state index in [1.54, 1.807) is 31.4 Å². The molecule has 10 nitrogen and oxygen atoms in total. The summed E-state index contributed by atoms with van der Waals surface area (Å²) in [6.07, 6.45) is 1.31. The molecular formula is C28H38N4O6S. The van der Waals surface area contributed by atoms with Gasteiger partial charge in [0.15, 0.2) is 5.13 Å². The van der Waals surface area contributed by atoms with E-state index in [1.807, 2.05) is 6.92 Å². The van der Waals surface area contributed by atoms with Gasteiger partial charge in [-0.3, -0.25) is 19.7 Å². The standard InChI is InChI=1S/C28H38N4O6S/c1-16(34)29-11-12-30-23(36)13-19-24-20(14-21-27(19,2)10-9-22(35)28(21,3)15-33)39-26(31-24)32-25(37)17-5-7-18(38-4)8-6-17/h5-8,19,21-22,33,35H,9-15H2,1-4H3,(H,29,34)(H,30,36)(H,31,32,37)/t19-,21+,22-,27+,28+/m1/s1. The number of fused-ring (bicyclic) bond motifs is 2. The van der Waals surface area contributed by atoms with E-state index in [-0.39, 0.29) is 42.6 Å². The molecule has 0 aliphatic heterocycles. The maximum Gasteiger partial charge on any atom is 0.257 e. The average molecular weight is 559 g/mol. The molecule has 0 unspecified atom stereocenters.